The summed E-state index contributed by atoms with van der Waals surface area (Å²) < 4.78 is 0. The summed E-state index contributed by atoms with van der Waals surface area (Å²) in [5.41, 5.74) is 9.27. The van der Waals surface area contributed by atoms with E-state index in [2.05, 4.69) is 44.5 Å². The van der Waals surface area contributed by atoms with Crippen molar-refractivity contribution in [2.45, 2.75) is 50.3 Å². The van der Waals surface area contributed by atoms with Gasteiger partial charge in [-0.25, -0.2) is 9.97 Å². The van der Waals surface area contributed by atoms with E-state index in [9.17, 15) is 9.90 Å². The smallest absolute Gasteiger partial charge is 0.271 e. The van der Waals surface area contributed by atoms with Gasteiger partial charge >= 0.3 is 0 Å². The summed E-state index contributed by atoms with van der Waals surface area (Å²) in [6.07, 6.45) is 4.27. The number of hydrogen-bond donors (Lipinski definition) is 4. The van der Waals surface area contributed by atoms with Crippen LogP contribution in [-0.4, -0.2) is 95.3 Å². The van der Waals surface area contributed by atoms with Crippen LogP contribution in [0.4, 0.5) is 23.0 Å². The average molecular weight is 571 g/mol. The van der Waals surface area contributed by atoms with Crippen molar-refractivity contribution in [3.05, 3.63) is 60.3 Å². The first-order chi connectivity index (χ1) is 20.4. The summed E-state index contributed by atoms with van der Waals surface area (Å²) in [5.74, 6) is 0.224. The Balaban J connectivity index is 1.18. The van der Waals surface area contributed by atoms with E-state index >= 15 is 0 Å². The molecule has 0 bridgehead atoms. The molecule has 0 spiro atoms. The van der Waals surface area contributed by atoms with E-state index in [-0.39, 0.29) is 17.8 Å². The molecule has 0 unspecified atom stereocenters. The van der Waals surface area contributed by atoms with Gasteiger partial charge in [-0.15, -0.1) is 0 Å². The van der Waals surface area contributed by atoms with Crippen molar-refractivity contribution in [3.8, 4) is 11.3 Å². The number of rotatable bonds is 8. The number of nitrogens with two attached hydrogens (primary N) is 1. The molecule has 42 heavy (non-hydrogen) atoms. The van der Waals surface area contributed by atoms with Gasteiger partial charge in [0.2, 0.25) is 0 Å². The molecule has 0 radical (unpaired) electrons. The molecule has 2 aromatic carbocycles. The Kier molecular flexibility index (Phi) is 8.55. The van der Waals surface area contributed by atoms with E-state index < -0.39 is 5.91 Å². The van der Waals surface area contributed by atoms with Crippen LogP contribution in [0.2, 0.25) is 0 Å². The number of nitrogens with zero attached hydrogens (tertiary/aromatic N) is 5. The topological polar surface area (TPSA) is 123 Å². The Morgan fingerprint density at radius 2 is 1.60 bits per heavy atom. The monoisotopic (exact) mass is 570 g/mol. The summed E-state index contributed by atoms with van der Waals surface area (Å²) in [6.45, 7) is 6.76. The maximum atomic E-state index is 12.5. The first kappa shape index (κ1) is 28.4. The molecule has 1 saturated carbocycles. The molecule has 3 aromatic rings. The fourth-order valence-corrected chi connectivity index (χ4v) is 6.44. The molecule has 3 heterocycles. The standard InChI is InChI=1S/C32H42N8O2/c1-38-17-19-40(20-18-38)26-13-15-39(16-14-26)25-10-7-23(8-11-25)34-32-29(30(33)42)36-28(22-5-3-2-4-6-22)31(37-32)35-24-9-12-27(41)21-24/h2-8,10-11,24,26-27,41H,9,12-21H2,1H3,(H2,33,42)(H2,34,35,37)/t24-,27+/m1/s1. The number of primary amides is 1. The normalized spacial score (nSPS) is 22.3. The molecule has 1 aliphatic carbocycles. The number of piperazine rings is 1. The van der Waals surface area contributed by atoms with E-state index in [4.69, 9.17) is 15.7 Å². The van der Waals surface area contributed by atoms with Gasteiger partial charge in [0.15, 0.2) is 17.3 Å². The number of piperidine rings is 1. The van der Waals surface area contributed by atoms with Crippen LogP contribution < -0.4 is 21.3 Å². The molecule has 1 amide bonds. The highest BCUT2D eigenvalue weighted by Crippen LogP contribution is 2.32. The summed E-state index contributed by atoms with van der Waals surface area (Å²) in [4.78, 5) is 29.6. The molecule has 3 aliphatic rings. The molecule has 3 fully saturated rings. The SMILES string of the molecule is CN1CCN(C2CCN(c3ccc(Nc4nc(N[C@@H]5CC[C@H](O)C5)c(-c5ccccc5)nc4C(N)=O)cc3)CC2)CC1. The van der Waals surface area contributed by atoms with Crippen molar-refractivity contribution in [2.75, 3.05) is 61.8 Å². The second kappa shape index (κ2) is 12.6. The fraction of sp³-hybridized carbons (Fsp3) is 0.469. The second-order valence-electron chi connectivity index (χ2n) is 11.9. The summed E-state index contributed by atoms with van der Waals surface area (Å²) in [6, 6.07) is 18.7. The third-order valence-corrected chi connectivity index (χ3v) is 8.94. The Morgan fingerprint density at radius 1 is 0.881 bits per heavy atom. The summed E-state index contributed by atoms with van der Waals surface area (Å²) in [5, 5.41) is 16.8. The van der Waals surface area contributed by atoms with E-state index in [1.54, 1.807) is 0 Å². The van der Waals surface area contributed by atoms with Crippen molar-refractivity contribution in [1.82, 2.24) is 19.8 Å². The van der Waals surface area contributed by atoms with Crippen LogP contribution in [0.1, 0.15) is 42.6 Å². The lowest BCUT2D eigenvalue weighted by atomic mass is 10.0. The number of nitrogens with one attached hydrogen (secondary N) is 2. The van der Waals surface area contributed by atoms with E-state index in [0.717, 1.165) is 50.3 Å². The highest BCUT2D eigenvalue weighted by molar-refractivity contribution is 5.97. The first-order valence-electron chi connectivity index (χ1n) is 15.2. The number of likely N-dealkylation sites (N-methyl/N-ethyl adjacent to an activating group) is 1. The predicted molar refractivity (Wildman–Crippen MR) is 167 cm³/mol. The van der Waals surface area contributed by atoms with Crippen molar-refractivity contribution >= 4 is 28.9 Å². The number of aromatic nitrogens is 2. The summed E-state index contributed by atoms with van der Waals surface area (Å²) in [7, 11) is 2.21. The Morgan fingerprint density at radius 3 is 2.24 bits per heavy atom. The van der Waals surface area contributed by atoms with Gasteiger partial charge in [0, 0.05) is 68.3 Å². The molecule has 2 aliphatic heterocycles. The molecular formula is C32H42N8O2. The van der Waals surface area contributed by atoms with Gasteiger partial charge in [-0.05, 0) is 63.4 Å². The van der Waals surface area contributed by atoms with Crippen molar-refractivity contribution in [1.29, 1.82) is 0 Å². The number of benzene rings is 2. The van der Waals surface area contributed by atoms with Gasteiger partial charge in [-0.3, -0.25) is 9.69 Å². The third kappa shape index (κ3) is 6.51. The van der Waals surface area contributed by atoms with E-state index in [0.29, 0.717) is 29.8 Å². The maximum absolute atomic E-state index is 12.5. The van der Waals surface area contributed by atoms with E-state index in [1.807, 2.05) is 42.5 Å². The minimum absolute atomic E-state index is 0.0729. The summed E-state index contributed by atoms with van der Waals surface area (Å²) >= 11 is 0. The van der Waals surface area contributed by atoms with Gasteiger partial charge in [0.05, 0.1) is 6.10 Å². The molecule has 10 heteroatoms. The van der Waals surface area contributed by atoms with Crippen LogP contribution in [0.25, 0.3) is 11.3 Å². The number of aliphatic hydroxyl groups is 1. The number of anilines is 4. The van der Waals surface area contributed by atoms with Crippen LogP contribution in [0.5, 0.6) is 0 Å². The van der Waals surface area contributed by atoms with Crippen LogP contribution >= 0.6 is 0 Å². The molecule has 5 N–H and O–H groups in total. The lowest BCUT2D eigenvalue weighted by molar-refractivity contribution is 0.0982. The highest BCUT2D eigenvalue weighted by Gasteiger charge is 2.28. The van der Waals surface area contributed by atoms with Crippen molar-refractivity contribution in [3.63, 3.8) is 0 Å². The zero-order chi connectivity index (χ0) is 29.1. The van der Waals surface area contributed by atoms with Crippen LogP contribution in [0.15, 0.2) is 54.6 Å². The largest absolute Gasteiger partial charge is 0.393 e. The minimum atomic E-state index is -0.648. The Bertz CT molecular complexity index is 1350. The maximum Gasteiger partial charge on any atom is 0.271 e. The number of amides is 1. The lowest BCUT2D eigenvalue weighted by Crippen LogP contribution is -2.52. The molecule has 1 aromatic heterocycles. The number of carbonyl (C=O) groups is 1. The van der Waals surface area contributed by atoms with Gasteiger partial charge in [0.25, 0.3) is 5.91 Å². The van der Waals surface area contributed by atoms with Gasteiger partial charge in [0.1, 0.15) is 5.69 Å². The second-order valence-corrected chi connectivity index (χ2v) is 11.9. The predicted octanol–water partition coefficient (Wildman–Crippen LogP) is 3.53. The van der Waals surface area contributed by atoms with Crippen molar-refractivity contribution < 1.29 is 9.90 Å². The molecule has 10 nitrogen and oxygen atoms in total. The third-order valence-electron chi connectivity index (χ3n) is 8.94. The highest BCUT2D eigenvalue weighted by atomic mass is 16.3. The van der Waals surface area contributed by atoms with Gasteiger partial charge < -0.3 is 31.3 Å². The Hall–Kier alpha value is -3.73. The molecule has 222 valence electrons. The number of hydrogen-bond acceptors (Lipinski definition) is 9. The van der Waals surface area contributed by atoms with Gasteiger partial charge in [-0.2, -0.15) is 0 Å². The number of carbonyl (C=O) groups excluding carboxylic acids is 1. The average Bonchev–Trinajstić information content (AvgIpc) is 3.42. The zero-order valence-electron chi connectivity index (χ0n) is 24.4. The first-order valence-corrected chi connectivity index (χ1v) is 15.2. The van der Waals surface area contributed by atoms with Crippen molar-refractivity contribution in [2.24, 2.45) is 5.73 Å². The van der Waals surface area contributed by atoms with Crippen LogP contribution in [0.3, 0.4) is 0 Å². The quantitative estimate of drug-likeness (QED) is 0.322. The molecule has 2 atom stereocenters. The molecule has 2 saturated heterocycles. The number of aliphatic hydroxyl groups excluding tert-OH is 1. The minimum Gasteiger partial charge on any atom is -0.393 e. The molecule has 6 rings (SSSR count). The van der Waals surface area contributed by atoms with E-state index in [1.165, 1.54) is 31.6 Å². The van der Waals surface area contributed by atoms with Gasteiger partial charge in [-0.1, -0.05) is 30.3 Å². The zero-order valence-corrected chi connectivity index (χ0v) is 24.4. The fourth-order valence-electron chi connectivity index (χ4n) is 6.44. The van der Waals surface area contributed by atoms with Crippen LogP contribution in [-0.2, 0) is 0 Å². The Labute approximate surface area is 247 Å². The molecular weight excluding hydrogens is 528 g/mol. The lowest BCUT2D eigenvalue weighted by Gasteiger charge is -2.42. The van der Waals surface area contributed by atoms with Crippen LogP contribution in [0, 0.1) is 0 Å².